The summed E-state index contributed by atoms with van der Waals surface area (Å²) in [5.74, 6) is 1.69. The molecular weight excluding hydrogens is 256 g/mol. The van der Waals surface area contributed by atoms with E-state index in [2.05, 4.69) is 15.6 Å². The van der Waals surface area contributed by atoms with Crippen molar-refractivity contribution in [2.45, 2.75) is 13.0 Å². The Morgan fingerprint density at radius 3 is 2.65 bits per heavy atom. The minimum atomic E-state index is 0.648. The van der Waals surface area contributed by atoms with Gasteiger partial charge in [-0.1, -0.05) is 5.21 Å². The lowest BCUT2D eigenvalue weighted by atomic mass is 10.3. The van der Waals surface area contributed by atoms with Crippen LogP contribution in [0.5, 0.6) is 11.5 Å². The molecule has 0 radical (unpaired) electrons. The standard InChI is InChI=1S/C14H20N4O2/c1-19-13-3-5-14(6-4-13)20-12-9-15-7-2-10-18-11-8-16-17-18/h3-6,8,11,15H,2,7,9-10,12H2,1H3. The zero-order valence-corrected chi connectivity index (χ0v) is 11.7. The van der Waals surface area contributed by atoms with E-state index in [4.69, 9.17) is 9.47 Å². The minimum Gasteiger partial charge on any atom is -0.497 e. The van der Waals surface area contributed by atoms with Crippen molar-refractivity contribution in [3.05, 3.63) is 36.7 Å². The molecule has 0 aliphatic carbocycles. The van der Waals surface area contributed by atoms with Crippen molar-refractivity contribution in [3.63, 3.8) is 0 Å². The van der Waals surface area contributed by atoms with Crippen LogP contribution in [0.3, 0.4) is 0 Å². The lowest BCUT2D eigenvalue weighted by Gasteiger charge is -2.08. The first kappa shape index (κ1) is 14.3. The summed E-state index contributed by atoms with van der Waals surface area (Å²) in [4.78, 5) is 0. The minimum absolute atomic E-state index is 0.648. The van der Waals surface area contributed by atoms with Crippen molar-refractivity contribution in [3.8, 4) is 11.5 Å². The number of aromatic nitrogens is 3. The zero-order valence-electron chi connectivity index (χ0n) is 11.7. The SMILES string of the molecule is COc1ccc(OCCNCCCn2ccnn2)cc1. The second-order valence-electron chi connectivity index (χ2n) is 4.29. The van der Waals surface area contributed by atoms with Crippen molar-refractivity contribution in [2.75, 3.05) is 26.8 Å². The predicted molar refractivity (Wildman–Crippen MR) is 76.0 cm³/mol. The zero-order chi connectivity index (χ0) is 14.0. The second-order valence-corrected chi connectivity index (χ2v) is 4.29. The van der Waals surface area contributed by atoms with Crippen LogP contribution < -0.4 is 14.8 Å². The van der Waals surface area contributed by atoms with Gasteiger partial charge in [0.15, 0.2) is 0 Å². The van der Waals surface area contributed by atoms with Gasteiger partial charge in [-0.2, -0.15) is 0 Å². The maximum atomic E-state index is 5.61. The van der Waals surface area contributed by atoms with E-state index >= 15 is 0 Å². The maximum absolute atomic E-state index is 5.61. The summed E-state index contributed by atoms with van der Waals surface area (Å²) in [5, 5.41) is 11.0. The molecule has 0 unspecified atom stereocenters. The van der Waals surface area contributed by atoms with Crippen LogP contribution in [0.1, 0.15) is 6.42 Å². The van der Waals surface area contributed by atoms with Gasteiger partial charge in [-0.25, -0.2) is 0 Å². The monoisotopic (exact) mass is 276 g/mol. The summed E-state index contributed by atoms with van der Waals surface area (Å²) in [6, 6.07) is 7.59. The first-order valence-corrected chi connectivity index (χ1v) is 6.70. The molecule has 108 valence electrons. The number of methoxy groups -OCH3 is 1. The van der Waals surface area contributed by atoms with Crippen LogP contribution in [0.25, 0.3) is 0 Å². The summed E-state index contributed by atoms with van der Waals surface area (Å²) in [6.07, 6.45) is 4.58. The molecular formula is C14H20N4O2. The Morgan fingerprint density at radius 1 is 1.15 bits per heavy atom. The molecule has 6 nitrogen and oxygen atoms in total. The van der Waals surface area contributed by atoms with E-state index in [-0.39, 0.29) is 0 Å². The summed E-state index contributed by atoms with van der Waals surface area (Å²) in [6.45, 7) is 3.29. The Labute approximate surface area is 118 Å². The quantitative estimate of drug-likeness (QED) is 0.700. The molecule has 1 N–H and O–H groups in total. The fraction of sp³-hybridized carbons (Fsp3) is 0.429. The normalized spacial score (nSPS) is 10.4. The molecule has 0 saturated carbocycles. The van der Waals surface area contributed by atoms with Crippen molar-refractivity contribution < 1.29 is 9.47 Å². The molecule has 1 heterocycles. The molecule has 20 heavy (non-hydrogen) atoms. The molecule has 2 rings (SSSR count). The second kappa shape index (κ2) is 8.16. The third-order valence-corrected chi connectivity index (χ3v) is 2.82. The van der Waals surface area contributed by atoms with E-state index in [9.17, 15) is 0 Å². The molecule has 0 spiro atoms. The molecule has 1 aromatic carbocycles. The Kier molecular flexibility index (Phi) is 5.85. The predicted octanol–water partition coefficient (Wildman–Crippen LogP) is 1.35. The number of aryl methyl sites for hydroxylation is 1. The molecule has 0 aliphatic heterocycles. The molecule has 1 aromatic heterocycles. The highest BCUT2D eigenvalue weighted by Gasteiger charge is 1.95. The van der Waals surface area contributed by atoms with Crippen molar-refractivity contribution in [1.29, 1.82) is 0 Å². The summed E-state index contributed by atoms with van der Waals surface area (Å²) in [5.41, 5.74) is 0. The highest BCUT2D eigenvalue weighted by molar-refractivity contribution is 5.31. The average molecular weight is 276 g/mol. The van der Waals surface area contributed by atoms with Crippen molar-refractivity contribution >= 4 is 0 Å². The first-order valence-electron chi connectivity index (χ1n) is 6.70. The van der Waals surface area contributed by atoms with Crippen LogP contribution in [0, 0.1) is 0 Å². The fourth-order valence-corrected chi connectivity index (χ4v) is 1.76. The maximum Gasteiger partial charge on any atom is 0.119 e. The van der Waals surface area contributed by atoms with E-state index < -0.39 is 0 Å². The van der Waals surface area contributed by atoms with Gasteiger partial charge in [-0.15, -0.1) is 5.10 Å². The van der Waals surface area contributed by atoms with Crippen molar-refractivity contribution in [2.24, 2.45) is 0 Å². The highest BCUT2D eigenvalue weighted by atomic mass is 16.5. The number of nitrogens with zero attached hydrogens (tertiary/aromatic N) is 3. The van der Waals surface area contributed by atoms with Gasteiger partial charge in [-0.3, -0.25) is 4.68 Å². The number of hydrogen-bond acceptors (Lipinski definition) is 5. The van der Waals surface area contributed by atoms with Gasteiger partial charge < -0.3 is 14.8 Å². The number of benzene rings is 1. The van der Waals surface area contributed by atoms with Crippen LogP contribution in [0.15, 0.2) is 36.7 Å². The van der Waals surface area contributed by atoms with Gasteiger partial charge in [0.05, 0.1) is 13.3 Å². The number of hydrogen-bond donors (Lipinski definition) is 1. The molecule has 0 bridgehead atoms. The summed E-state index contributed by atoms with van der Waals surface area (Å²) < 4.78 is 12.5. The van der Waals surface area contributed by atoms with Crippen LogP contribution in [-0.4, -0.2) is 41.8 Å². The molecule has 2 aromatic rings. The van der Waals surface area contributed by atoms with Crippen LogP contribution >= 0.6 is 0 Å². The molecule has 0 saturated heterocycles. The molecule has 0 atom stereocenters. The van der Waals surface area contributed by atoms with Gasteiger partial charge in [0.2, 0.25) is 0 Å². The van der Waals surface area contributed by atoms with Gasteiger partial charge >= 0.3 is 0 Å². The van der Waals surface area contributed by atoms with Gasteiger partial charge in [-0.05, 0) is 37.2 Å². The fourth-order valence-electron chi connectivity index (χ4n) is 1.76. The van der Waals surface area contributed by atoms with E-state index in [1.165, 1.54) is 0 Å². The average Bonchev–Trinajstić information content (AvgIpc) is 3.00. The highest BCUT2D eigenvalue weighted by Crippen LogP contribution is 2.16. The van der Waals surface area contributed by atoms with Gasteiger partial charge in [0, 0.05) is 19.3 Å². The largest absolute Gasteiger partial charge is 0.497 e. The molecule has 6 heteroatoms. The van der Waals surface area contributed by atoms with E-state index in [1.54, 1.807) is 13.3 Å². The Morgan fingerprint density at radius 2 is 1.95 bits per heavy atom. The third-order valence-electron chi connectivity index (χ3n) is 2.82. The number of rotatable bonds is 9. The Bertz CT molecular complexity index is 470. The van der Waals surface area contributed by atoms with Crippen LogP contribution in [0.2, 0.25) is 0 Å². The third kappa shape index (κ3) is 4.89. The van der Waals surface area contributed by atoms with Crippen LogP contribution in [-0.2, 0) is 6.54 Å². The summed E-state index contributed by atoms with van der Waals surface area (Å²) in [7, 11) is 1.65. The molecule has 0 aliphatic rings. The smallest absolute Gasteiger partial charge is 0.119 e. The lowest BCUT2D eigenvalue weighted by Crippen LogP contribution is -2.23. The van der Waals surface area contributed by atoms with E-state index in [1.807, 2.05) is 35.1 Å². The van der Waals surface area contributed by atoms with Crippen molar-refractivity contribution in [1.82, 2.24) is 20.3 Å². The number of nitrogens with one attached hydrogen (secondary N) is 1. The topological polar surface area (TPSA) is 61.2 Å². The Balaban J connectivity index is 1.50. The molecule has 0 amide bonds. The van der Waals surface area contributed by atoms with E-state index in [0.29, 0.717) is 6.61 Å². The summed E-state index contributed by atoms with van der Waals surface area (Å²) >= 11 is 0. The van der Waals surface area contributed by atoms with Crippen LogP contribution in [0.4, 0.5) is 0 Å². The van der Waals surface area contributed by atoms with Gasteiger partial charge in [0.25, 0.3) is 0 Å². The Hall–Kier alpha value is -2.08. The lowest BCUT2D eigenvalue weighted by molar-refractivity contribution is 0.312. The first-order chi connectivity index (χ1) is 9.88. The van der Waals surface area contributed by atoms with Gasteiger partial charge in [0.1, 0.15) is 18.1 Å². The van der Waals surface area contributed by atoms with E-state index in [0.717, 1.165) is 37.6 Å². The number of ether oxygens (including phenoxy) is 2. The molecule has 0 fully saturated rings.